The Morgan fingerprint density at radius 3 is 2.78 bits per heavy atom. The monoisotopic (exact) mass is 442 g/mol. The number of benzene rings is 1. The van der Waals surface area contributed by atoms with Crippen LogP contribution in [0.25, 0.3) is 10.9 Å². The van der Waals surface area contributed by atoms with E-state index in [4.69, 9.17) is 0 Å². The molecule has 1 aromatic carbocycles. The lowest BCUT2D eigenvalue weighted by atomic mass is 10.1. The summed E-state index contributed by atoms with van der Waals surface area (Å²) in [6.07, 6.45) is 4.75. The summed E-state index contributed by atoms with van der Waals surface area (Å²) in [5.74, 6) is -3.52. The number of halogens is 2. The number of para-hydroxylation sites is 1. The molecular formula is C22H24F2N6O2. The number of carbonyl (C=O) groups excluding carboxylic acids is 2. The highest BCUT2D eigenvalue weighted by Gasteiger charge is 2.47. The SMILES string of the molecule is O=C(c1cn(CC2CC(F)(F)CN2C(=O)Cc2c[nH]c3ccccc23)nn1)N1CCCC1. The number of nitrogens with one attached hydrogen (secondary N) is 1. The highest BCUT2D eigenvalue weighted by Crippen LogP contribution is 2.33. The molecule has 2 amide bonds. The van der Waals surface area contributed by atoms with Gasteiger partial charge in [-0.15, -0.1) is 5.10 Å². The minimum Gasteiger partial charge on any atom is -0.361 e. The van der Waals surface area contributed by atoms with Crippen molar-refractivity contribution in [1.82, 2.24) is 29.8 Å². The number of rotatable bonds is 5. The topological polar surface area (TPSA) is 87.1 Å². The molecule has 0 aliphatic carbocycles. The molecule has 0 saturated carbocycles. The standard InChI is InChI=1S/C22H24F2N6O2/c23-22(24)10-16(12-29-13-19(26-27-29)21(32)28-7-3-4-8-28)30(14-22)20(31)9-15-11-25-18-6-2-1-5-17(15)18/h1-2,5-6,11,13,16,25H,3-4,7-10,12,14H2. The van der Waals surface area contributed by atoms with Crippen molar-refractivity contribution in [2.24, 2.45) is 0 Å². The molecule has 2 aliphatic rings. The zero-order valence-corrected chi connectivity index (χ0v) is 17.5. The second kappa shape index (κ2) is 7.99. The lowest BCUT2D eigenvalue weighted by Gasteiger charge is -2.23. The quantitative estimate of drug-likeness (QED) is 0.658. The molecule has 4 heterocycles. The maximum absolute atomic E-state index is 14.3. The van der Waals surface area contributed by atoms with E-state index in [-0.39, 0.29) is 30.5 Å². The van der Waals surface area contributed by atoms with Crippen molar-refractivity contribution in [3.05, 3.63) is 47.9 Å². The van der Waals surface area contributed by atoms with Crippen LogP contribution in [0.15, 0.2) is 36.7 Å². The Morgan fingerprint density at radius 2 is 1.97 bits per heavy atom. The average Bonchev–Trinajstić information content (AvgIpc) is 3.55. The van der Waals surface area contributed by atoms with Crippen LogP contribution in [0.4, 0.5) is 8.78 Å². The van der Waals surface area contributed by atoms with Crippen LogP contribution in [0, 0.1) is 0 Å². The Labute approximate surface area is 183 Å². The minimum atomic E-state index is -2.96. The van der Waals surface area contributed by atoms with Crippen LogP contribution in [0.2, 0.25) is 0 Å². The molecule has 0 spiro atoms. The molecule has 1 N–H and O–H groups in total. The van der Waals surface area contributed by atoms with E-state index in [0.717, 1.165) is 29.3 Å². The summed E-state index contributed by atoms with van der Waals surface area (Å²) in [5.41, 5.74) is 1.88. The first-order chi connectivity index (χ1) is 15.4. The third kappa shape index (κ3) is 3.96. The Bertz CT molecular complexity index is 1150. The summed E-state index contributed by atoms with van der Waals surface area (Å²) in [6, 6.07) is 6.85. The molecule has 0 radical (unpaired) electrons. The van der Waals surface area contributed by atoms with Gasteiger partial charge in [-0.2, -0.15) is 0 Å². The van der Waals surface area contributed by atoms with Gasteiger partial charge in [-0.25, -0.2) is 13.5 Å². The van der Waals surface area contributed by atoms with Crippen LogP contribution >= 0.6 is 0 Å². The highest BCUT2D eigenvalue weighted by atomic mass is 19.3. The van der Waals surface area contributed by atoms with E-state index >= 15 is 0 Å². The van der Waals surface area contributed by atoms with Gasteiger partial charge in [0.2, 0.25) is 5.91 Å². The van der Waals surface area contributed by atoms with Crippen LogP contribution < -0.4 is 0 Å². The first-order valence-electron chi connectivity index (χ1n) is 10.8. The summed E-state index contributed by atoms with van der Waals surface area (Å²) >= 11 is 0. The van der Waals surface area contributed by atoms with E-state index in [2.05, 4.69) is 15.3 Å². The van der Waals surface area contributed by atoms with Crippen molar-refractivity contribution in [3.63, 3.8) is 0 Å². The predicted octanol–water partition coefficient (Wildman–Crippen LogP) is 2.47. The third-order valence-electron chi connectivity index (χ3n) is 6.26. The fourth-order valence-electron chi connectivity index (χ4n) is 4.68. The Balaban J connectivity index is 1.30. The lowest BCUT2D eigenvalue weighted by molar-refractivity contribution is -0.132. The van der Waals surface area contributed by atoms with Gasteiger partial charge in [0.05, 0.1) is 31.7 Å². The largest absolute Gasteiger partial charge is 0.361 e. The Kier molecular flexibility index (Phi) is 5.15. The molecular weight excluding hydrogens is 418 g/mol. The number of amides is 2. The van der Waals surface area contributed by atoms with Crippen LogP contribution in [-0.2, 0) is 17.8 Å². The summed E-state index contributed by atoms with van der Waals surface area (Å²) in [4.78, 5) is 31.6. The summed E-state index contributed by atoms with van der Waals surface area (Å²) < 4.78 is 29.9. The van der Waals surface area contributed by atoms with Gasteiger partial charge in [-0.05, 0) is 24.5 Å². The molecule has 32 heavy (non-hydrogen) atoms. The first kappa shape index (κ1) is 20.6. The highest BCUT2D eigenvalue weighted by molar-refractivity contribution is 5.92. The summed E-state index contributed by atoms with van der Waals surface area (Å²) in [6.45, 7) is 0.829. The minimum absolute atomic E-state index is 0.0344. The van der Waals surface area contributed by atoms with Crippen LogP contribution in [0.1, 0.15) is 35.3 Å². The van der Waals surface area contributed by atoms with Crippen LogP contribution in [0.3, 0.4) is 0 Å². The number of nitrogens with zero attached hydrogens (tertiary/aromatic N) is 5. The fraction of sp³-hybridized carbons (Fsp3) is 0.455. The smallest absolute Gasteiger partial charge is 0.276 e. The van der Waals surface area contributed by atoms with Crippen molar-refractivity contribution in [2.75, 3.05) is 19.6 Å². The number of alkyl halides is 2. The van der Waals surface area contributed by atoms with Gasteiger partial charge < -0.3 is 14.8 Å². The zero-order chi connectivity index (χ0) is 22.3. The van der Waals surface area contributed by atoms with Crippen LogP contribution in [0.5, 0.6) is 0 Å². The lowest BCUT2D eigenvalue weighted by Crippen LogP contribution is -2.39. The molecule has 3 aromatic rings. The normalized spacial score (nSPS) is 20.4. The molecule has 10 heteroatoms. The molecule has 2 saturated heterocycles. The number of H-pyrrole nitrogens is 1. The van der Waals surface area contributed by atoms with Gasteiger partial charge in [-0.1, -0.05) is 23.4 Å². The van der Waals surface area contributed by atoms with Gasteiger partial charge in [0, 0.05) is 36.6 Å². The molecule has 1 atom stereocenters. The number of carbonyl (C=O) groups is 2. The van der Waals surface area contributed by atoms with Crippen molar-refractivity contribution in [2.45, 2.75) is 44.2 Å². The first-order valence-corrected chi connectivity index (χ1v) is 10.8. The number of fused-ring (bicyclic) bond motifs is 1. The predicted molar refractivity (Wildman–Crippen MR) is 112 cm³/mol. The number of aromatic nitrogens is 4. The van der Waals surface area contributed by atoms with E-state index in [1.165, 1.54) is 15.8 Å². The van der Waals surface area contributed by atoms with E-state index in [0.29, 0.717) is 13.1 Å². The van der Waals surface area contributed by atoms with Gasteiger partial charge in [0.15, 0.2) is 5.69 Å². The molecule has 0 bridgehead atoms. The zero-order valence-electron chi connectivity index (χ0n) is 17.5. The summed E-state index contributed by atoms with van der Waals surface area (Å²) in [5, 5.41) is 8.80. The molecule has 2 aromatic heterocycles. The van der Waals surface area contributed by atoms with E-state index in [1.807, 2.05) is 24.3 Å². The Hall–Kier alpha value is -3.30. The van der Waals surface area contributed by atoms with E-state index in [1.54, 1.807) is 11.1 Å². The number of likely N-dealkylation sites (tertiary alicyclic amines) is 2. The van der Waals surface area contributed by atoms with E-state index in [9.17, 15) is 18.4 Å². The number of aromatic amines is 1. The van der Waals surface area contributed by atoms with Crippen molar-refractivity contribution < 1.29 is 18.4 Å². The van der Waals surface area contributed by atoms with Gasteiger partial charge in [0.25, 0.3) is 11.8 Å². The molecule has 2 fully saturated rings. The molecule has 8 nitrogen and oxygen atoms in total. The summed E-state index contributed by atoms with van der Waals surface area (Å²) in [7, 11) is 0. The maximum Gasteiger partial charge on any atom is 0.276 e. The molecule has 2 aliphatic heterocycles. The van der Waals surface area contributed by atoms with Crippen molar-refractivity contribution >= 4 is 22.7 Å². The van der Waals surface area contributed by atoms with Crippen LogP contribution in [-0.4, -0.2) is 73.2 Å². The second-order valence-electron chi connectivity index (χ2n) is 8.60. The van der Waals surface area contributed by atoms with Crippen molar-refractivity contribution in [3.8, 4) is 0 Å². The van der Waals surface area contributed by atoms with Gasteiger partial charge >= 0.3 is 0 Å². The van der Waals surface area contributed by atoms with Gasteiger partial charge in [-0.3, -0.25) is 9.59 Å². The number of hydrogen-bond acceptors (Lipinski definition) is 4. The van der Waals surface area contributed by atoms with Crippen molar-refractivity contribution in [1.29, 1.82) is 0 Å². The molecule has 5 rings (SSSR count). The Morgan fingerprint density at radius 1 is 1.19 bits per heavy atom. The average molecular weight is 442 g/mol. The van der Waals surface area contributed by atoms with Gasteiger partial charge in [0.1, 0.15) is 0 Å². The second-order valence-corrected chi connectivity index (χ2v) is 8.60. The fourth-order valence-corrected chi connectivity index (χ4v) is 4.68. The molecule has 168 valence electrons. The van der Waals surface area contributed by atoms with E-state index < -0.39 is 24.9 Å². The third-order valence-corrected chi connectivity index (χ3v) is 6.26. The molecule has 1 unspecified atom stereocenters. The number of hydrogen-bond donors (Lipinski definition) is 1. The maximum atomic E-state index is 14.3.